The molecule has 1 aromatic rings. The SMILES string of the molecule is O=C(O)C(=O)C1CCC(=O)N1Cc1ccccc1. The van der Waals surface area contributed by atoms with Crippen LogP contribution in [-0.2, 0) is 20.9 Å². The maximum Gasteiger partial charge on any atom is 0.374 e. The van der Waals surface area contributed by atoms with Gasteiger partial charge in [0.1, 0.15) is 6.04 Å². The summed E-state index contributed by atoms with van der Waals surface area (Å²) in [5.74, 6) is -2.55. The van der Waals surface area contributed by atoms with Crippen LogP contribution in [0.5, 0.6) is 0 Å². The zero-order valence-corrected chi connectivity index (χ0v) is 9.70. The molecule has 5 nitrogen and oxygen atoms in total. The number of Topliss-reactive ketones (excluding diaryl/α,β-unsaturated/α-hetero) is 1. The maximum atomic E-state index is 11.7. The molecule has 2 rings (SSSR count). The molecule has 1 saturated heterocycles. The van der Waals surface area contributed by atoms with Crippen molar-refractivity contribution in [2.75, 3.05) is 0 Å². The molecule has 0 bridgehead atoms. The fourth-order valence-corrected chi connectivity index (χ4v) is 2.13. The molecule has 1 amide bonds. The van der Waals surface area contributed by atoms with Gasteiger partial charge in [-0.25, -0.2) is 4.79 Å². The van der Waals surface area contributed by atoms with E-state index in [2.05, 4.69) is 0 Å². The van der Waals surface area contributed by atoms with Gasteiger partial charge < -0.3 is 10.0 Å². The number of benzene rings is 1. The van der Waals surface area contributed by atoms with E-state index >= 15 is 0 Å². The normalized spacial score (nSPS) is 19.0. The minimum absolute atomic E-state index is 0.168. The number of carbonyl (C=O) groups is 3. The summed E-state index contributed by atoms with van der Waals surface area (Å²) >= 11 is 0. The summed E-state index contributed by atoms with van der Waals surface area (Å²) in [6.07, 6.45) is 0.521. The summed E-state index contributed by atoms with van der Waals surface area (Å²) in [5.41, 5.74) is 0.885. The van der Waals surface area contributed by atoms with Crippen LogP contribution in [-0.4, -0.2) is 33.7 Å². The molecule has 1 atom stereocenters. The van der Waals surface area contributed by atoms with Gasteiger partial charge >= 0.3 is 5.97 Å². The number of ketones is 1. The Morgan fingerprint density at radius 2 is 1.94 bits per heavy atom. The highest BCUT2D eigenvalue weighted by Crippen LogP contribution is 2.22. The lowest BCUT2D eigenvalue weighted by Crippen LogP contribution is -2.41. The molecule has 1 N–H and O–H groups in total. The number of carbonyl (C=O) groups excluding carboxylic acids is 2. The quantitative estimate of drug-likeness (QED) is 0.800. The Morgan fingerprint density at radius 1 is 1.28 bits per heavy atom. The number of nitrogens with zero attached hydrogens (tertiary/aromatic N) is 1. The Balaban J connectivity index is 2.16. The van der Waals surface area contributed by atoms with E-state index in [4.69, 9.17) is 5.11 Å². The first-order valence-corrected chi connectivity index (χ1v) is 5.70. The Hall–Kier alpha value is -2.17. The molecule has 0 aliphatic carbocycles. The fraction of sp³-hybridized carbons (Fsp3) is 0.308. The van der Waals surface area contributed by atoms with Crippen molar-refractivity contribution in [3.63, 3.8) is 0 Å². The zero-order valence-electron chi connectivity index (χ0n) is 9.70. The van der Waals surface area contributed by atoms with E-state index < -0.39 is 17.8 Å². The van der Waals surface area contributed by atoms with E-state index in [1.165, 1.54) is 4.90 Å². The number of amides is 1. The third-order valence-corrected chi connectivity index (χ3v) is 3.04. The standard InChI is InChI=1S/C13H13NO4/c15-11-7-6-10(12(16)13(17)18)14(11)8-9-4-2-1-3-5-9/h1-5,10H,6-8H2,(H,17,18). The van der Waals surface area contributed by atoms with Crippen molar-refractivity contribution in [3.05, 3.63) is 35.9 Å². The highest BCUT2D eigenvalue weighted by molar-refractivity contribution is 6.35. The van der Waals surface area contributed by atoms with Gasteiger partial charge in [-0.1, -0.05) is 30.3 Å². The topological polar surface area (TPSA) is 74.7 Å². The van der Waals surface area contributed by atoms with Crippen molar-refractivity contribution in [2.24, 2.45) is 0 Å². The highest BCUT2D eigenvalue weighted by Gasteiger charge is 2.38. The Labute approximate surface area is 104 Å². The van der Waals surface area contributed by atoms with Crippen LogP contribution in [0.1, 0.15) is 18.4 Å². The Kier molecular flexibility index (Phi) is 3.41. The lowest BCUT2D eigenvalue weighted by atomic mass is 10.1. The summed E-state index contributed by atoms with van der Waals surface area (Å²) in [7, 11) is 0. The number of aliphatic carboxylic acids is 1. The molecule has 0 spiro atoms. The number of hydrogen-bond donors (Lipinski definition) is 1. The van der Waals surface area contributed by atoms with Gasteiger partial charge in [0.05, 0.1) is 0 Å². The molecule has 0 aromatic heterocycles. The number of rotatable bonds is 4. The van der Waals surface area contributed by atoms with Crippen molar-refractivity contribution in [1.29, 1.82) is 0 Å². The first-order valence-electron chi connectivity index (χ1n) is 5.70. The second-order valence-electron chi connectivity index (χ2n) is 4.23. The van der Waals surface area contributed by atoms with Gasteiger partial charge in [0.25, 0.3) is 5.78 Å². The molecule has 1 aromatic carbocycles. The van der Waals surface area contributed by atoms with Crippen LogP contribution in [0.4, 0.5) is 0 Å². The molecule has 18 heavy (non-hydrogen) atoms. The number of hydrogen-bond acceptors (Lipinski definition) is 3. The van der Waals surface area contributed by atoms with Gasteiger partial charge in [-0.3, -0.25) is 9.59 Å². The van der Waals surface area contributed by atoms with Crippen LogP contribution in [0.15, 0.2) is 30.3 Å². The average molecular weight is 247 g/mol. The number of likely N-dealkylation sites (tertiary alicyclic amines) is 1. The van der Waals surface area contributed by atoms with Gasteiger partial charge in [0, 0.05) is 13.0 Å². The number of carboxylic acids is 1. The van der Waals surface area contributed by atoms with Crippen LogP contribution in [0.2, 0.25) is 0 Å². The predicted octanol–water partition coefficient (Wildman–Crippen LogP) is 0.831. The molecule has 94 valence electrons. The molecular formula is C13H13NO4. The molecular weight excluding hydrogens is 234 g/mol. The van der Waals surface area contributed by atoms with Gasteiger partial charge in [-0.05, 0) is 12.0 Å². The molecule has 1 unspecified atom stereocenters. The predicted molar refractivity (Wildman–Crippen MR) is 62.7 cm³/mol. The first kappa shape index (κ1) is 12.3. The van der Waals surface area contributed by atoms with Crippen molar-refractivity contribution >= 4 is 17.7 Å². The first-order chi connectivity index (χ1) is 8.59. The maximum absolute atomic E-state index is 11.7. The minimum atomic E-state index is -1.48. The molecule has 0 radical (unpaired) electrons. The van der Waals surface area contributed by atoms with Crippen molar-refractivity contribution in [3.8, 4) is 0 Å². The Morgan fingerprint density at radius 3 is 2.56 bits per heavy atom. The average Bonchev–Trinajstić information content (AvgIpc) is 2.71. The van der Waals surface area contributed by atoms with Crippen LogP contribution in [0, 0.1) is 0 Å². The minimum Gasteiger partial charge on any atom is -0.475 e. The van der Waals surface area contributed by atoms with Crippen LogP contribution in [0.25, 0.3) is 0 Å². The molecule has 5 heteroatoms. The van der Waals surface area contributed by atoms with E-state index in [0.717, 1.165) is 5.56 Å². The Bertz CT molecular complexity index is 483. The largest absolute Gasteiger partial charge is 0.475 e. The van der Waals surface area contributed by atoms with E-state index in [0.29, 0.717) is 0 Å². The van der Waals surface area contributed by atoms with Crippen molar-refractivity contribution in [1.82, 2.24) is 4.90 Å². The van der Waals surface area contributed by atoms with Gasteiger partial charge in [-0.15, -0.1) is 0 Å². The second kappa shape index (κ2) is 5.00. The van der Waals surface area contributed by atoms with Gasteiger partial charge in [0.2, 0.25) is 5.91 Å². The van der Waals surface area contributed by atoms with Crippen molar-refractivity contribution < 1.29 is 19.5 Å². The monoisotopic (exact) mass is 247 g/mol. The fourth-order valence-electron chi connectivity index (χ4n) is 2.13. The summed E-state index contributed by atoms with van der Waals surface area (Å²) in [5, 5.41) is 8.73. The van der Waals surface area contributed by atoms with E-state index in [1.54, 1.807) is 0 Å². The molecule has 1 heterocycles. The summed E-state index contributed by atoms with van der Waals surface area (Å²) < 4.78 is 0. The smallest absolute Gasteiger partial charge is 0.374 e. The molecule has 1 fully saturated rings. The summed E-state index contributed by atoms with van der Waals surface area (Å²) in [4.78, 5) is 35.3. The van der Waals surface area contributed by atoms with E-state index in [-0.39, 0.29) is 25.3 Å². The summed E-state index contributed by atoms with van der Waals surface area (Å²) in [6, 6.07) is 8.39. The number of carboxylic acid groups (broad SMARTS) is 1. The zero-order chi connectivity index (χ0) is 13.1. The van der Waals surface area contributed by atoms with E-state index in [9.17, 15) is 14.4 Å². The third-order valence-electron chi connectivity index (χ3n) is 3.04. The molecule has 0 saturated carbocycles. The lowest BCUT2D eigenvalue weighted by molar-refractivity contribution is -0.152. The summed E-state index contributed by atoms with van der Waals surface area (Å²) in [6.45, 7) is 0.281. The molecule has 1 aliphatic heterocycles. The van der Waals surface area contributed by atoms with Gasteiger partial charge in [-0.2, -0.15) is 0 Å². The lowest BCUT2D eigenvalue weighted by Gasteiger charge is -2.22. The van der Waals surface area contributed by atoms with Crippen LogP contribution >= 0.6 is 0 Å². The highest BCUT2D eigenvalue weighted by atomic mass is 16.4. The van der Waals surface area contributed by atoms with Crippen LogP contribution in [0.3, 0.4) is 0 Å². The van der Waals surface area contributed by atoms with Crippen LogP contribution < -0.4 is 0 Å². The molecule has 1 aliphatic rings. The van der Waals surface area contributed by atoms with E-state index in [1.807, 2.05) is 30.3 Å². The van der Waals surface area contributed by atoms with Gasteiger partial charge in [0.15, 0.2) is 0 Å². The second-order valence-corrected chi connectivity index (χ2v) is 4.23. The third kappa shape index (κ3) is 2.40. The van der Waals surface area contributed by atoms with Crippen molar-refractivity contribution in [2.45, 2.75) is 25.4 Å².